The summed E-state index contributed by atoms with van der Waals surface area (Å²) in [6.45, 7) is 0. The molecular weight excluding hydrogens is 531 g/mol. The first-order valence-corrected chi connectivity index (χ1v) is 15.8. The van der Waals surface area contributed by atoms with Crippen molar-refractivity contribution in [3.05, 3.63) is 164 Å². The Morgan fingerprint density at radius 3 is 1.69 bits per heavy atom. The summed E-state index contributed by atoms with van der Waals surface area (Å²) in [4.78, 5) is 0. The van der Waals surface area contributed by atoms with Crippen LogP contribution in [-0.2, 0) is 4.57 Å². The fourth-order valence-electron chi connectivity index (χ4n) is 6.33. The Kier molecular flexibility index (Phi) is 5.73. The van der Waals surface area contributed by atoms with E-state index in [0.717, 1.165) is 38.3 Å². The molecule has 2 aromatic heterocycles. The maximum absolute atomic E-state index is 15.2. The van der Waals surface area contributed by atoms with Crippen LogP contribution in [0.3, 0.4) is 0 Å². The third-order valence-electron chi connectivity index (χ3n) is 8.23. The lowest BCUT2D eigenvalue weighted by atomic mass is 10.1. The van der Waals surface area contributed by atoms with Gasteiger partial charge in [-0.3, -0.25) is 0 Å². The zero-order valence-electron chi connectivity index (χ0n) is 22.8. The Morgan fingerprint density at radius 2 is 0.976 bits per heavy atom. The van der Waals surface area contributed by atoms with Crippen molar-refractivity contribution < 1.29 is 4.57 Å². The lowest BCUT2D eigenvalue weighted by molar-refractivity contribution is 0.592. The second-order valence-corrected chi connectivity index (χ2v) is 13.3. The minimum atomic E-state index is -3.11. The Labute approximate surface area is 244 Å². The normalized spacial score (nSPS) is 11.9. The van der Waals surface area contributed by atoms with Gasteiger partial charge in [-0.25, -0.2) is 0 Å². The highest BCUT2D eigenvalue weighted by Gasteiger charge is 2.30. The molecule has 0 saturated heterocycles. The van der Waals surface area contributed by atoms with Gasteiger partial charge in [0.1, 0.15) is 0 Å². The van der Waals surface area contributed by atoms with Gasteiger partial charge in [0.25, 0.3) is 0 Å². The van der Waals surface area contributed by atoms with Crippen LogP contribution in [0.4, 0.5) is 0 Å². The lowest BCUT2D eigenvalue weighted by Gasteiger charge is -2.21. The van der Waals surface area contributed by atoms with Crippen molar-refractivity contribution in [2.45, 2.75) is 0 Å². The summed E-state index contributed by atoms with van der Waals surface area (Å²) in [5, 5.41) is 6.11. The van der Waals surface area contributed by atoms with Crippen LogP contribution >= 0.6 is 7.14 Å². The summed E-state index contributed by atoms with van der Waals surface area (Å²) >= 11 is 0. The topological polar surface area (TPSA) is 26.9 Å². The Morgan fingerprint density at radius 1 is 0.429 bits per heavy atom. The van der Waals surface area contributed by atoms with Gasteiger partial charge < -0.3 is 13.7 Å². The van der Waals surface area contributed by atoms with Gasteiger partial charge in [0.2, 0.25) is 0 Å². The molecule has 0 radical (unpaired) electrons. The van der Waals surface area contributed by atoms with Gasteiger partial charge in [0.05, 0.1) is 16.6 Å². The fraction of sp³-hybridized carbons (Fsp3) is 0. The second kappa shape index (κ2) is 9.76. The molecule has 0 aliphatic carbocycles. The van der Waals surface area contributed by atoms with Crippen molar-refractivity contribution >= 4 is 55.8 Å². The highest BCUT2D eigenvalue weighted by molar-refractivity contribution is 7.85. The molecule has 0 fully saturated rings. The Bertz CT molecular complexity index is 2220. The molecule has 0 N–H and O–H groups in total. The summed E-state index contributed by atoms with van der Waals surface area (Å²) in [6, 6.07) is 53.7. The van der Waals surface area contributed by atoms with E-state index in [1.807, 2.05) is 78.9 Å². The van der Waals surface area contributed by atoms with Crippen LogP contribution < -0.4 is 15.9 Å². The maximum atomic E-state index is 15.2. The van der Waals surface area contributed by atoms with Crippen molar-refractivity contribution in [2.75, 3.05) is 0 Å². The first-order valence-electron chi connectivity index (χ1n) is 14.1. The van der Waals surface area contributed by atoms with Gasteiger partial charge in [0.15, 0.2) is 7.14 Å². The predicted octanol–water partition coefficient (Wildman–Crippen LogP) is 8.37. The van der Waals surface area contributed by atoms with Crippen LogP contribution in [0.1, 0.15) is 0 Å². The zero-order chi connectivity index (χ0) is 28.1. The van der Waals surface area contributed by atoms with Crippen LogP contribution in [0.2, 0.25) is 0 Å². The lowest BCUT2D eigenvalue weighted by Crippen LogP contribution is -2.25. The number of fused-ring (bicyclic) bond motifs is 5. The first-order chi connectivity index (χ1) is 20.7. The third kappa shape index (κ3) is 3.71. The number of hydrogen-bond donors (Lipinski definition) is 0. The monoisotopic (exact) mass is 558 g/mol. The molecule has 42 heavy (non-hydrogen) atoms. The Balaban J connectivity index is 1.38. The molecule has 8 rings (SSSR count). The van der Waals surface area contributed by atoms with Gasteiger partial charge in [-0.15, -0.1) is 0 Å². The molecule has 0 bridgehead atoms. The number of benzene rings is 6. The number of rotatable bonds is 5. The summed E-state index contributed by atoms with van der Waals surface area (Å²) in [7, 11) is -3.11. The van der Waals surface area contributed by atoms with E-state index in [9.17, 15) is 0 Å². The molecular formula is C38H27N2OP. The SMILES string of the molecule is O=P(c1ccccc1)(c1ccccc1)c1cccc(-n2c3ccccc3c3c4ccn(-c5ccccc5)c4ccc32)c1. The largest absolute Gasteiger partial charge is 0.317 e. The van der Waals surface area contributed by atoms with Crippen LogP contribution in [0.15, 0.2) is 164 Å². The smallest absolute Gasteiger partial charge is 0.171 e. The first kappa shape index (κ1) is 24.7. The minimum absolute atomic E-state index is 0.819. The van der Waals surface area contributed by atoms with E-state index < -0.39 is 7.14 Å². The van der Waals surface area contributed by atoms with Crippen molar-refractivity contribution in [2.24, 2.45) is 0 Å². The van der Waals surface area contributed by atoms with E-state index in [1.165, 1.54) is 21.7 Å². The van der Waals surface area contributed by atoms with E-state index in [2.05, 4.69) is 94.2 Å². The summed E-state index contributed by atoms with van der Waals surface area (Å²) < 4.78 is 19.7. The standard InChI is InChI=1S/C38H27N2OP/c41-42(30-16-6-2-7-17-30,31-18-8-3-9-19-31)32-20-12-15-29(27-32)40-36-22-11-10-21-33(36)38-34-25-26-39(28-13-4-1-5-14-28)35(34)23-24-37(38)40/h1-27H. The van der Waals surface area contributed by atoms with Crippen LogP contribution in [0.25, 0.3) is 44.1 Å². The van der Waals surface area contributed by atoms with Crippen LogP contribution in [0.5, 0.6) is 0 Å². The molecule has 0 aliphatic rings. The molecule has 200 valence electrons. The quantitative estimate of drug-likeness (QED) is 0.195. The van der Waals surface area contributed by atoms with E-state index in [-0.39, 0.29) is 0 Å². The molecule has 8 aromatic rings. The van der Waals surface area contributed by atoms with Crippen LogP contribution in [0, 0.1) is 0 Å². The molecule has 0 amide bonds. The van der Waals surface area contributed by atoms with Gasteiger partial charge in [-0.05, 0) is 48.5 Å². The van der Waals surface area contributed by atoms with E-state index >= 15 is 4.57 Å². The molecule has 0 spiro atoms. The molecule has 2 heterocycles. The molecule has 0 saturated carbocycles. The average molecular weight is 559 g/mol. The highest BCUT2D eigenvalue weighted by atomic mass is 31.2. The van der Waals surface area contributed by atoms with Gasteiger partial charge in [-0.1, -0.05) is 109 Å². The number of nitrogens with zero attached hydrogens (tertiary/aromatic N) is 2. The molecule has 4 heteroatoms. The Hall–Kier alpha value is -5.11. The maximum Gasteiger partial charge on any atom is 0.171 e. The molecule has 0 aliphatic heterocycles. The van der Waals surface area contributed by atoms with Crippen LogP contribution in [-0.4, -0.2) is 9.13 Å². The summed E-state index contributed by atoms with van der Waals surface area (Å²) in [5.41, 5.74) is 5.55. The van der Waals surface area contributed by atoms with Crippen molar-refractivity contribution in [3.63, 3.8) is 0 Å². The van der Waals surface area contributed by atoms with E-state index in [0.29, 0.717) is 0 Å². The fourth-order valence-corrected chi connectivity index (χ4v) is 9.02. The number of aromatic nitrogens is 2. The molecule has 6 aromatic carbocycles. The minimum Gasteiger partial charge on any atom is -0.317 e. The van der Waals surface area contributed by atoms with Gasteiger partial charge >= 0.3 is 0 Å². The van der Waals surface area contributed by atoms with Crippen molar-refractivity contribution in [3.8, 4) is 11.4 Å². The van der Waals surface area contributed by atoms with Crippen molar-refractivity contribution in [1.82, 2.24) is 9.13 Å². The molecule has 0 unspecified atom stereocenters. The van der Waals surface area contributed by atoms with Crippen molar-refractivity contribution in [1.29, 1.82) is 0 Å². The van der Waals surface area contributed by atoms with E-state index in [4.69, 9.17) is 0 Å². The zero-order valence-corrected chi connectivity index (χ0v) is 23.7. The predicted molar refractivity (Wildman–Crippen MR) is 177 cm³/mol. The number of hydrogen-bond acceptors (Lipinski definition) is 1. The van der Waals surface area contributed by atoms with Gasteiger partial charge in [-0.2, -0.15) is 0 Å². The van der Waals surface area contributed by atoms with E-state index in [1.54, 1.807) is 0 Å². The highest BCUT2D eigenvalue weighted by Crippen LogP contribution is 2.43. The summed E-state index contributed by atoms with van der Waals surface area (Å²) in [6.07, 6.45) is 2.15. The number of para-hydroxylation sites is 2. The summed E-state index contributed by atoms with van der Waals surface area (Å²) in [5.74, 6) is 0. The molecule has 3 nitrogen and oxygen atoms in total. The third-order valence-corrected chi connectivity index (χ3v) is 11.3. The van der Waals surface area contributed by atoms with Gasteiger partial charge in [0, 0.05) is 49.6 Å². The average Bonchev–Trinajstić information content (AvgIpc) is 3.65. The molecule has 0 atom stereocenters. The second-order valence-electron chi connectivity index (χ2n) is 10.6.